The van der Waals surface area contributed by atoms with Crippen LogP contribution < -0.4 is 9.04 Å². The summed E-state index contributed by atoms with van der Waals surface area (Å²) in [6.45, 7) is 3.28. The van der Waals surface area contributed by atoms with Crippen molar-refractivity contribution in [3.05, 3.63) is 54.1 Å². The molecule has 0 unspecified atom stereocenters. The Bertz CT molecular complexity index is 950. The van der Waals surface area contributed by atoms with E-state index in [0.29, 0.717) is 24.5 Å². The number of hydrogen-bond donors (Lipinski definition) is 0. The van der Waals surface area contributed by atoms with Gasteiger partial charge in [-0.2, -0.15) is 0 Å². The quantitative estimate of drug-likeness (QED) is 0.813. The molecule has 0 spiro atoms. The van der Waals surface area contributed by atoms with E-state index < -0.39 is 16.1 Å². The van der Waals surface area contributed by atoms with Gasteiger partial charge in [-0.1, -0.05) is 29.8 Å². The molecule has 1 atom stereocenters. The minimum Gasteiger partial charge on any atom is -0.476 e. The summed E-state index contributed by atoms with van der Waals surface area (Å²) in [5.74, 6) is 0.267. The first-order chi connectivity index (χ1) is 13.0. The van der Waals surface area contributed by atoms with E-state index in [9.17, 15) is 13.2 Å². The summed E-state index contributed by atoms with van der Waals surface area (Å²) >= 11 is 0. The van der Waals surface area contributed by atoms with Crippen molar-refractivity contribution < 1.29 is 17.9 Å². The lowest BCUT2D eigenvalue weighted by Gasteiger charge is -2.36. The molecule has 6 nitrogen and oxygen atoms in total. The number of amides is 1. The van der Waals surface area contributed by atoms with Crippen molar-refractivity contribution in [1.82, 2.24) is 4.90 Å². The lowest BCUT2D eigenvalue weighted by atomic mass is 10.2. The number of benzene rings is 2. The Balaban J connectivity index is 1.72. The molecule has 0 saturated carbocycles. The number of carbonyl (C=O) groups is 1. The van der Waals surface area contributed by atoms with Gasteiger partial charge in [0.1, 0.15) is 5.75 Å². The van der Waals surface area contributed by atoms with Gasteiger partial charge in [0.05, 0.1) is 17.1 Å². The molecule has 0 bridgehead atoms. The summed E-state index contributed by atoms with van der Waals surface area (Å²) < 4.78 is 33.8. The molecule has 2 aliphatic heterocycles. The van der Waals surface area contributed by atoms with E-state index in [1.54, 1.807) is 53.4 Å². The zero-order valence-electron chi connectivity index (χ0n) is 15.2. The third-order valence-electron chi connectivity index (χ3n) is 5.04. The van der Waals surface area contributed by atoms with Gasteiger partial charge in [0.15, 0.2) is 6.10 Å². The molecule has 1 amide bonds. The Kier molecular flexibility index (Phi) is 4.55. The Labute approximate surface area is 159 Å². The summed E-state index contributed by atoms with van der Waals surface area (Å²) in [5, 5.41) is 0. The highest BCUT2D eigenvalue weighted by atomic mass is 32.2. The predicted octanol–water partition coefficient (Wildman–Crippen LogP) is 2.57. The third kappa shape index (κ3) is 3.27. The number of likely N-dealkylation sites (tertiary alicyclic amines) is 1. The summed E-state index contributed by atoms with van der Waals surface area (Å²) in [5.41, 5.74) is 1.45. The van der Waals surface area contributed by atoms with Crippen molar-refractivity contribution in [2.75, 3.05) is 23.9 Å². The standard InChI is InChI=1S/C20H22N2O4S/c1-15-8-10-16(11-9-15)27(24,25)22-14-19(20(23)21-12-4-5-13-21)26-18-7-3-2-6-17(18)22/h2-3,6-11,19H,4-5,12-14H2,1H3/t19-/m0/s1. The molecule has 0 N–H and O–H groups in total. The number of para-hydroxylation sites is 2. The average Bonchev–Trinajstić information content (AvgIpc) is 3.21. The van der Waals surface area contributed by atoms with Gasteiger partial charge in [0.25, 0.3) is 15.9 Å². The van der Waals surface area contributed by atoms with Crippen molar-refractivity contribution in [2.24, 2.45) is 0 Å². The summed E-state index contributed by atoms with van der Waals surface area (Å²) in [6.07, 6.45) is 1.11. The fourth-order valence-corrected chi connectivity index (χ4v) is 5.01. The Morgan fingerprint density at radius 3 is 2.41 bits per heavy atom. The van der Waals surface area contributed by atoms with Crippen LogP contribution in [0.25, 0.3) is 0 Å². The molecule has 0 radical (unpaired) electrons. The maximum absolute atomic E-state index is 13.3. The summed E-state index contributed by atoms with van der Waals surface area (Å²) in [6, 6.07) is 13.7. The second kappa shape index (κ2) is 6.88. The number of anilines is 1. The highest BCUT2D eigenvalue weighted by Gasteiger charge is 2.39. The largest absolute Gasteiger partial charge is 0.476 e. The van der Waals surface area contributed by atoms with Gasteiger partial charge in [-0.25, -0.2) is 8.42 Å². The van der Waals surface area contributed by atoms with Gasteiger partial charge in [-0.15, -0.1) is 0 Å². The molecule has 1 saturated heterocycles. The van der Waals surface area contributed by atoms with Gasteiger partial charge < -0.3 is 9.64 Å². The molecule has 7 heteroatoms. The number of hydrogen-bond acceptors (Lipinski definition) is 4. The minimum atomic E-state index is -3.80. The van der Waals surface area contributed by atoms with Crippen LogP contribution in [-0.4, -0.2) is 45.0 Å². The molecule has 0 aliphatic carbocycles. The molecule has 0 aromatic heterocycles. The van der Waals surface area contributed by atoms with Crippen molar-refractivity contribution >= 4 is 21.6 Å². The lowest BCUT2D eigenvalue weighted by molar-refractivity contribution is -0.137. The molecule has 2 heterocycles. The van der Waals surface area contributed by atoms with E-state index in [0.717, 1.165) is 18.4 Å². The van der Waals surface area contributed by atoms with E-state index in [-0.39, 0.29) is 17.3 Å². The first kappa shape index (κ1) is 17.9. The minimum absolute atomic E-state index is 0.0252. The second-order valence-corrected chi connectivity index (χ2v) is 8.82. The Morgan fingerprint density at radius 2 is 1.70 bits per heavy atom. The van der Waals surface area contributed by atoms with E-state index in [1.165, 1.54) is 4.31 Å². The average molecular weight is 386 g/mol. The second-order valence-electron chi connectivity index (χ2n) is 6.96. The van der Waals surface area contributed by atoms with E-state index in [2.05, 4.69) is 0 Å². The molecule has 4 rings (SSSR count). The maximum Gasteiger partial charge on any atom is 0.265 e. The van der Waals surface area contributed by atoms with Crippen LogP contribution in [0.3, 0.4) is 0 Å². The van der Waals surface area contributed by atoms with Crippen LogP contribution in [-0.2, 0) is 14.8 Å². The molecule has 27 heavy (non-hydrogen) atoms. The van der Waals surface area contributed by atoms with Crippen LogP contribution in [0.2, 0.25) is 0 Å². The van der Waals surface area contributed by atoms with Crippen molar-refractivity contribution in [3.8, 4) is 5.75 Å². The molecular formula is C20H22N2O4S. The lowest BCUT2D eigenvalue weighted by Crippen LogP contribution is -2.51. The summed E-state index contributed by atoms with van der Waals surface area (Å²) in [7, 11) is -3.80. The number of ether oxygens (including phenoxy) is 1. The third-order valence-corrected chi connectivity index (χ3v) is 6.83. The van der Waals surface area contributed by atoms with Gasteiger partial charge in [0, 0.05) is 13.1 Å². The number of nitrogens with zero attached hydrogens (tertiary/aromatic N) is 2. The molecule has 2 aromatic carbocycles. The zero-order valence-corrected chi connectivity index (χ0v) is 16.0. The first-order valence-electron chi connectivity index (χ1n) is 9.11. The smallest absolute Gasteiger partial charge is 0.265 e. The zero-order chi connectivity index (χ0) is 19.0. The monoisotopic (exact) mass is 386 g/mol. The van der Waals surface area contributed by atoms with Gasteiger partial charge in [-0.3, -0.25) is 9.10 Å². The van der Waals surface area contributed by atoms with Crippen LogP contribution in [0, 0.1) is 6.92 Å². The Morgan fingerprint density at radius 1 is 1.04 bits per heavy atom. The Hall–Kier alpha value is -2.54. The number of carbonyl (C=O) groups excluding carboxylic acids is 1. The molecule has 2 aromatic rings. The van der Waals surface area contributed by atoms with Crippen LogP contribution in [0.1, 0.15) is 18.4 Å². The number of aryl methyl sites for hydroxylation is 1. The highest BCUT2D eigenvalue weighted by Crippen LogP contribution is 2.37. The number of rotatable bonds is 3. The maximum atomic E-state index is 13.3. The summed E-state index contributed by atoms with van der Waals surface area (Å²) in [4.78, 5) is 14.8. The van der Waals surface area contributed by atoms with Crippen molar-refractivity contribution in [1.29, 1.82) is 0 Å². The van der Waals surface area contributed by atoms with Crippen LogP contribution >= 0.6 is 0 Å². The van der Waals surface area contributed by atoms with Gasteiger partial charge in [0.2, 0.25) is 0 Å². The van der Waals surface area contributed by atoms with Crippen molar-refractivity contribution in [2.45, 2.75) is 30.8 Å². The number of sulfonamides is 1. The molecule has 1 fully saturated rings. The molecular weight excluding hydrogens is 364 g/mol. The van der Waals surface area contributed by atoms with Gasteiger partial charge in [-0.05, 0) is 44.0 Å². The topological polar surface area (TPSA) is 66.9 Å². The molecule has 142 valence electrons. The van der Waals surface area contributed by atoms with Gasteiger partial charge >= 0.3 is 0 Å². The van der Waals surface area contributed by atoms with E-state index in [1.807, 2.05) is 6.92 Å². The first-order valence-corrected chi connectivity index (χ1v) is 10.5. The normalized spacial score (nSPS) is 19.5. The fraction of sp³-hybridized carbons (Fsp3) is 0.350. The predicted molar refractivity (Wildman–Crippen MR) is 102 cm³/mol. The SMILES string of the molecule is Cc1ccc(S(=O)(=O)N2C[C@@H](C(=O)N3CCCC3)Oc3ccccc32)cc1. The fourth-order valence-electron chi connectivity index (χ4n) is 3.54. The van der Waals surface area contributed by atoms with Crippen LogP contribution in [0.5, 0.6) is 5.75 Å². The number of fused-ring (bicyclic) bond motifs is 1. The van der Waals surface area contributed by atoms with E-state index in [4.69, 9.17) is 4.74 Å². The molecule has 2 aliphatic rings. The van der Waals surface area contributed by atoms with Crippen LogP contribution in [0.4, 0.5) is 5.69 Å². The highest BCUT2D eigenvalue weighted by molar-refractivity contribution is 7.92. The van der Waals surface area contributed by atoms with Crippen molar-refractivity contribution in [3.63, 3.8) is 0 Å². The van der Waals surface area contributed by atoms with E-state index >= 15 is 0 Å². The van der Waals surface area contributed by atoms with Crippen LogP contribution in [0.15, 0.2) is 53.4 Å².